The van der Waals surface area contributed by atoms with Crippen molar-refractivity contribution >= 4 is 11.8 Å². The molecule has 0 heterocycles. The number of ketones is 1. The Balaban J connectivity index is 0.00000361. The Bertz CT molecular complexity index is 997. The molecule has 8 atom stereocenters. The molecule has 3 saturated carbocycles. The van der Waals surface area contributed by atoms with Crippen LogP contribution in [0.25, 0.3) is 5.73 Å². The van der Waals surface area contributed by atoms with Crippen molar-refractivity contribution in [3.05, 3.63) is 53.8 Å². The minimum absolute atomic E-state index is 0. The van der Waals surface area contributed by atoms with E-state index in [9.17, 15) is 14.7 Å². The topological polar surface area (TPSA) is 87.4 Å². The summed E-state index contributed by atoms with van der Waals surface area (Å²) < 4.78 is 6.31. The average Bonchev–Trinajstić information content (AvgIpc) is 3.21. The zero-order chi connectivity index (χ0) is 25.6. The monoisotopic (exact) mass is 569 g/mol. The van der Waals surface area contributed by atoms with E-state index in [1.165, 1.54) is 0 Å². The molecular formula is C30H42NO4Y-. The molecular weight excluding hydrogens is 527 g/mol. The third kappa shape index (κ3) is 4.83. The molecule has 36 heavy (non-hydrogen) atoms. The van der Waals surface area contributed by atoms with E-state index in [0.29, 0.717) is 19.3 Å². The molecule has 3 fully saturated rings. The number of nitrogens with one attached hydrogen (secondary N) is 1. The smallest absolute Gasteiger partial charge is 0.306 e. The van der Waals surface area contributed by atoms with E-state index in [1.807, 2.05) is 37.3 Å². The van der Waals surface area contributed by atoms with Gasteiger partial charge in [-0.3, -0.25) is 9.59 Å². The number of carbonyl (C=O) groups excluding carboxylic acids is 2. The van der Waals surface area contributed by atoms with E-state index in [0.717, 1.165) is 30.4 Å². The van der Waals surface area contributed by atoms with Crippen molar-refractivity contribution in [2.24, 2.45) is 34.0 Å². The van der Waals surface area contributed by atoms with Gasteiger partial charge in [0.2, 0.25) is 0 Å². The van der Waals surface area contributed by atoms with Gasteiger partial charge in [-0.2, -0.15) is 0 Å². The number of rotatable bonds is 6. The number of esters is 1. The van der Waals surface area contributed by atoms with Crippen LogP contribution in [0.2, 0.25) is 0 Å². The third-order valence-electron chi connectivity index (χ3n) is 10.4. The Hall–Kier alpha value is -0.876. The molecule has 0 aromatic heterocycles. The summed E-state index contributed by atoms with van der Waals surface area (Å²) >= 11 is 0. The van der Waals surface area contributed by atoms with Crippen molar-refractivity contribution in [3.63, 3.8) is 0 Å². The Kier molecular flexibility index (Phi) is 9.14. The summed E-state index contributed by atoms with van der Waals surface area (Å²) in [4.78, 5) is 26.7. The largest absolute Gasteiger partial charge is 0.674 e. The number of benzene rings is 1. The van der Waals surface area contributed by atoms with Gasteiger partial charge in [-0.05, 0) is 54.9 Å². The average molecular weight is 570 g/mol. The van der Waals surface area contributed by atoms with Gasteiger partial charge >= 0.3 is 5.97 Å². The number of aliphatic hydroxyl groups is 1. The second-order valence-corrected chi connectivity index (χ2v) is 12.1. The molecule has 3 unspecified atom stereocenters. The molecule has 1 aromatic carbocycles. The number of aryl methyl sites for hydroxylation is 1. The van der Waals surface area contributed by atoms with Gasteiger partial charge in [0.25, 0.3) is 0 Å². The predicted octanol–water partition coefficient (Wildman–Crippen LogP) is 6.08. The number of hydrogen-bond acceptors (Lipinski definition) is 4. The van der Waals surface area contributed by atoms with Crippen LogP contribution in [0.1, 0.15) is 77.3 Å². The minimum atomic E-state index is -0.653. The fourth-order valence-electron chi connectivity index (χ4n) is 7.86. The van der Waals surface area contributed by atoms with Crippen LogP contribution < -0.4 is 0 Å². The zero-order valence-electron chi connectivity index (χ0n) is 22.4. The maximum atomic E-state index is 13.5. The van der Waals surface area contributed by atoms with E-state index in [2.05, 4.69) is 27.4 Å². The molecule has 2 N–H and O–H groups in total. The molecule has 0 aliphatic heterocycles. The number of aliphatic hydroxyl groups excluding tert-OH is 1. The molecule has 3 aliphatic rings. The van der Waals surface area contributed by atoms with Crippen LogP contribution in [0.5, 0.6) is 0 Å². The summed E-state index contributed by atoms with van der Waals surface area (Å²) in [7, 11) is 0. The van der Waals surface area contributed by atoms with Gasteiger partial charge in [0.05, 0.1) is 6.10 Å². The van der Waals surface area contributed by atoms with E-state index in [4.69, 9.17) is 10.5 Å². The van der Waals surface area contributed by atoms with E-state index in [-0.39, 0.29) is 80.6 Å². The number of ether oxygens (including phenoxy) is 1. The number of hydrogen-bond donors (Lipinski definition) is 1. The van der Waals surface area contributed by atoms with Gasteiger partial charge < -0.3 is 15.6 Å². The van der Waals surface area contributed by atoms with Gasteiger partial charge in [-0.15, -0.1) is 13.1 Å². The zero-order valence-corrected chi connectivity index (χ0v) is 25.2. The van der Waals surface area contributed by atoms with Crippen LogP contribution in [0.3, 0.4) is 0 Å². The number of carbonyl (C=O) groups is 2. The second kappa shape index (κ2) is 11.1. The first-order valence-electron chi connectivity index (χ1n) is 13.3. The summed E-state index contributed by atoms with van der Waals surface area (Å²) in [6.07, 6.45) is 5.21. The Morgan fingerprint density at radius 1 is 1.25 bits per heavy atom. The molecule has 1 radical (unpaired) electrons. The Labute approximate surface area is 241 Å². The Morgan fingerprint density at radius 2 is 1.94 bits per heavy atom. The fourth-order valence-corrected chi connectivity index (χ4v) is 7.86. The predicted molar refractivity (Wildman–Crippen MR) is 137 cm³/mol. The maximum absolute atomic E-state index is 13.5. The summed E-state index contributed by atoms with van der Waals surface area (Å²) in [6, 6.07) is 7.79. The maximum Gasteiger partial charge on any atom is 0.306 e. The molecule has 0 spiro atoms. The van der Waals surface area contributed by atoms with E-state index >= 15 is 0 Å². The molecule has 5 nitrogen and oxygen atoms in total. The molecule has 0 saturated heterocycles. The van der Waals surface area contributed by atoms with Crippen molar-refractivity contribution in [2.45, 2.75) is 91.4 Å². The van der Waals surface area contributed by atoms with Crippen molar-refractivity contribution in [1.29, 1.82) is 0 Å². The van der Waals surface area contributed by atoms with Gasteiger partial charge in [0.15, 0.2) is 0 Å². The summed E-state index contributed by atoms with van der Waals surface area (Å²) in [5.41, 5.74) is 8.18. The normalized spacial score (nSPS) is 39.8. The van der Waals surface area contributed by atoms with Crippen molar-refractivity contribution in [3.8, 4) is 0 Å². The Morgan fingerprint density at radius 3 is 2.61 bits per heavy atom. The van der Waals surface area contributed by atoms with Gasteiger partial charge in [-0.25, -0.2) is 0 Å². The summed E-state index contributed by atoms with van der Waals surface area (Å²) in [6.45, 7) is 12.8. The fraction of sp³-hybridized carbons (Fsp3) is 0.667. The van der Waals surface area contributed by atoms with Crippen LogP contribution in [-0.2, 0) is 60.0 Å². The van der Waals surface area contributed by atoms with E-state index in [1.54, 1.807) is 0 Å². The van der Waals surface area contributed by atoms with Gasteiger partial charge in [-0.1, -0.05) is 63.6 Å². The molecule has 4 rings (SSSR count). The van der Waals surface area contributed by atoms with Crippen LogP contribution in [0, 0.1) is 34.0 Å². The van der Waals surface area contributed by atoms with Crippen molar-refractivity contribution in [2.75, 3.05) is 0 Å². The summed E-state index contributed by atoms with van der Waals surface area (Å²) in [5.74, 6) is -0.00540. The van der Waals surface area contributed by atoms with Crippen molar-refractivity contribution < 1.29 is 52.1 Å². The first kappa shape index (κ1) is 29.7. The first-order valence-corrected chi connectivity index (χ1v) is 13.3. The third-order valence-corrected chi connectivity index (χ3v) is 10.4. The molecule has 3 aliphatic carbocycles. The first-order chi connectivity index (χ1) is 16.5. The molecule has 2 bridgehead atoms. The molecule has 0 amide bonds. The number of Topliss-reactive ketones (excluding diaryl/α,β-unsaturated/α-hetero) is 1. The molecule has 1 aromatic rings. The quantitative estimate of drug-likeness (QED) is 0.333. The molecule has 195 valence electrons. The van der Waals surface area contributed by atoms with Crippen LogP contribution in [-0.4, -0.2) is 29.1 Å². The second-order valence-electron chi connectivity index (χ2n) is 12.1. The van der Waals surface area contributed by atoms with Gasteiger partial charge in [0.1, 0.15) is 11.9 Å². The standard InChI is InChI=1S/C30H42NO4.Y/c1-6-28(4)17-24(35-25(33)11-10-21-8-7-9-22(16-21)18-31)29(5)19(2)12-14-30(20(3)27(28)34)15-13-23(32)26(29)30;/h6-9,16,19-20,24,26-27,31,34H,1,10-15,17-18H2,2-5H3;/q-1;/t19?,20-,24+,26?,27-,28+,29-,30?;/m0./s1. The van der Waals surface area contributed by atoms with Crippen LogP contribution in [0.4, 0.5) is 0 Å². The van der Waals surface area contributed by atoms with Gasteiger partial charge in [0, 0.05) is 62.3 Å². The van der Waals surface area contributed by atoms with Crippen molar-refractivity contribution in [1.82, 2.24) is 0 Å². The SMILES string of the molecule is C=C[C@]1(C)C[C@@H](OC(=O)CCc2cccc(C[NH-])c2)[C@]2(C)C(C)CCC3(CCC(=O)C32)[C@@H](C)[C@@H]1O.[Y]. The van der Waals surface area contributed by atoms with Crippen LogP contribution in [0.15, 0.2) is 36.9 Å². The summed E-state index contributed by atoms with van der Waals surface area (Å²) in [5, 5.41) is 11.6. The van der Waals surface area contributed by atoms with E-state index < -0.39 is 23.0 Å². The minimum Gasteiger partial charge on any atom is -0.674 e. The molecule has 6 heteroatoms. The van der Waals surface area contributed by atoms with Crippen LogP contribution >= 0.6 is 0 Å².